The van der Waals surface area contributed by atoms with Gasteiger partial charge in [0.25, 0.3) is 0 Å². The molecule has 0 amide bonds. The normalized spacial score (nSPS) is 9.59. The van der Waals surface area contributed by atoms with Gasteiger partial charge in [-0.25, -0.2) is 4.68 Å². The average Bonchev–Trinajstić information content (AvgIpc) is 2.73. The van der Waals surface area contributed by atoms with Crippen LogP contribution in [0, 0.1) is 22.7 Å². The molecular weight excluding hydrogens is 238 g/mol. The third-order valence-electron chi connectivity index (χ3n) is 2.19. The van der Waals surface area contributed by atoms with Gasteiger partial charge in [0, 0.05) is 5.56 Å². The summed E-state index contributed by atoms with van der Waals surface area (Å²) < 4.78 is 1.36. The van der Waals surface area contributed by atoms with Crippen molar-refractivity contribution in [2.45, 2.75) is 6.54 Å². The van der Waals surface area contributed by atoms with E-state index in [2.05, 4.69) is 10.3 Å². The summed E-state index contributed by atoms with van der Waals surface area (Å²) in [6.07, 6.45) is 0. The molecule has 0 unspecified atom stereocenters. The van der Waals surface area contributed by atoms with Crippen molar-refractivity contribution in [1.29, 1.82) is 10.5 Å². The van der Waals surface area contributed by atoms with E-state index in [0.717, 1.165) is 0 Å². The molecule has 0 saturated heterocycles. The Labute approximate surface area is 102 Å². The topological polar surface area (TPSA) is 78.3 Å². The van der Waals surface area contributed by atoms with Gasteiger partial charge >= 0.3 is 0 Å². The highest BCUT2D eigenvalue weighted by Crippen LogP contribution is 2.28. The molecule has 0 aliphatic rings. The van der Waals surface area contributed by atoms with E-state index in [0.29, 0.717) is 16.3 Å². The van der Waals surface area contributed by atoms with Gasteiger partial charge in [0.15, 0.2) is 5.69 Å². The lowest BCUT2D eigenvalue weighted by atomic mass is 10.1. The summed E-state index contributed by atoms with van der Waals surface area (Å²) in [5, 5.41) is 25.6. The summed E-state index contributed by atoms with van der Waals surface area (Å²) in [6, 6.07) is 11.0. The van der Waals surface area contributed by atoms with Crippen LogP contribution in [0.4, 0.5) is 0 Å². The van der Waals surface area contributed by atoms with Crippen LogP contribution in [-0.2, 0) is 6.54 Å². The quantitative estimate of drug-likeness (QED) is 0.808. The Bertz CT molecular complexity index is 632. The molecule has 5 nitrogen and oxygen atoms in total. The van der Waals surface area contributed by atoms with Crippen LogP contribution in [0.5, 0.6) is 0 Å². The second-order valence-corrected chi connectivity index (χ2v) is 3.60. The number of hydrogen-bond donors (Lipinski definition) is 0. The van der Waals surface area contributed by atoms with Crippen molar-refractivity contribution in [2.75, 3.05) is 0 Å². The molecule has 0 bridgehead atoms. The molecule has 2 aromatic rings. The van der Waals surface area contributed by atoms with Gasteiger partial charge in [-0.1, -0.05) is 35.0 Å². The van der Waals surface area contributed by atoms with E-state index in [-0.39, 0.29) is 12.2 Å². The molecular formula is C11H6ClN5. The molecule has 0 spiro atoms. The van der Waals surface area contributed by atoms with Gasteiger partial charge in [0.1, 0.15) is 18.3 Å². The third kappa shape index (κ3) is 1.96. The zero-order valence-corrected chi connectivity index (χ0v) is 9.39. The van der Waals surface area contributed by atoms with Crippen LogP contribution in [0.1, 0.15) is 5.69 Å². The molecule has 0 saturated carbocycles. The van der Waals surface area contributed by atoms with Gasteiger partial charge < -0.3 is 0 Å². The zero-order valence-electron chi connectivity index (χ0n) is 8.63. The predicted octanol–water partition coefficient (Wildman–Crippen LogP) is 1.99. The number of hydrogen-bond acceptors (Lipinski definition) is 4. The lowest BCUT2D eigenvalue weighted by Gasteiger charge is -2.04. The summed E-state index contributed by atoms with van der Waals surface area (Å²) in [7, 11) is 0. The predicted molar refractivity (Wildman–Crippen MR) is 60.8 cm³/mol. The molecule has 0 atom stereocenters. The molecule has 2 rings (SSSR count). The highest BCUT2D eigenvalue weighted by atomic mass is 35.5. The number of rotatable bonds is 2. The van der Waals surface area contributed by atoms with Crippen LogP contribution in [0.2, 0.25) is 5.02 Å². The summed E-state index contributed by atoms with van der Waals surface area (Å²) in [5.74, 6) is 0. The van der Waals surface area contributed by atoms with Crippen LogP contribution in [0.3, 0.4) is 0 Å². The minimum atomic E-state index is 0.0231. The molecule has 0 fully saturated rings. The maximum Gasteiger partial charge on any atom is 0.190 e. The highest BCUT2D eigenvalue weighted by Gasteiger charge is 2.16. The van der Waals surface area contributed by atoms with E-state index in [9.17, 15) is 0 Å². The fourth-order valence-corrected chi connectivity index (χ4v) is 1.71. The molecule has 82 valence electrons. The number of aromatic nitrogens is 3. The van der Waals surface area contributed by atoms with Gasteiger partial charge in [-0.2, -0.15) is 10.5 Å². The second kappa shape index (κ2) is 4.65. The fraction of sp³-hybridized carbons (Fsp3) is 0.0909. The van der Waals surface area contributed by atoms with Crippen molar-refractivity contribution in [3.8, 4) is 23.4 Å². The molecule has 1 aromatic heterocycles. The van der Waals surface area contributed by atoms with Gasteiger partial charge in [-0.15, -0.1) is 5.10 Å². The standard InChI is InChI=1S/C11H6ClN5/c12-9-4-2-1-3-8(9)11-10(7-14)15-16-17(11)6-5-13/h1-4H,6H2. The number of nitrogens with zero attached hydrogens (tertiary/aromatic N) is 5. The van der Waals surface area contributed by atoms with E-state index < -0.39 is 0 Å². The Morgan fingerprint density at radius 3 is 2.71 bits per heavy atom. The summed E-state index contributed by atoms with van der Waals surface area (Å²) in [5.41, 5.74) is 1.28. The number of halogens is 1. The molecule has 0 N–H and O–H groups in total. The Morgan fingerprint density at radius 2 is 2.06 bits per heavy atom. The monoisotopic (exact) mass is 243 g/mol. The van der Waals surface area contributed by atoms with Crippen molar-refractivity contribution < 1.29 is 0 Å². The molecule has 0 aliphatic carbocycles. The van der Waals surface area contributed by atoms with E-state index >= 15 is 0 Å². The maximum absolute atomic E-state index is 8.96. The smallest absolute Gasteiger partial charge is 0.190 e. The second-order valence-electron chi connectivity index (χ2n) is 3.19. The lowest BCUT2D eigenvalue weighted by Crippen LogP contribution is -2.01. The Hall–Kier alpha value is -2.37. The van der Waals surface area contributed by atoms with E-state index in [1.807, 2.05) is 12.1 Å². The van der Waals surface area contributed by atoms with Gasteiger partial charge in [-0.05, 0) is 6.07 Å². The summed E-state index contributed by atoms with van der Waals surface area (Å²) in [6.45, 7) is 0.0231. The van der Waals surface area contributed by atoms with Crippen molar-refractivity contribution in [2.24, 2.45) is 0 Å². The molecule has 6 heteroatoms. The molecule has 1 aromatic carbocycles. The Morgan fingerprint density at radius 1 is 1.29 bits per heavy atom. The van der Waals surface area contributed by atoms with Crippen molar-refractivity contribution in [3.63, 3.8) is 0 Å². The lowest BCUT2D eigenvalue weighted by molar-refractivity contribution is 0.674. The van der Waals surface area contributed by atoms with Crippen molar-refractivity contribution in [3.05, 3.63) is 35.0 Å². The summed E-state index contributed by atoms with van der Waals surface area (Å²) in [4.78, 5) is 0. The van der Waals surface area contributed by atoms with Gasteiger partial charge in [0.05, 0.1) is 11.1 Å². The van der Waals surface area contributed by atoms with Crippen LogP contribution in [-0.4, -0.2) is 15.0 Å². The minimum absolute atomic E-state index is 0.0231. The first-order valence-corrected chi connectivity index (χ1v) is 5.11. The SMILES string of the molecule is N#CCn1nnc(C#N)c1-c1ccccc1Cl. The fourth-order valence-electron chi connectivity index (χ4n) is 1.49. The van der Waals surface area contributed by atoms with Crippen LogP contribution in [0.25, 0.3) is 11.3 Å². The average molecular weight is 244 g/mol. The van der Waals surface area contributed by atoms with Crippen LogP contribution < -0.4 is 0 Å². The molecule has 1 heterocycles. The maximum atomic E-state index is 8.96. The van der Waals surface area contributed by atoms with Gasteiger partial charge in [-0.3, -0.25) is 0 Å². The molecule has 17 heavy (non-hydrogen) atoms. The molecule has 0 aliphatic heterocycles. The first kappa shape index (κ1) is 11.1. The van der Waals surface area contributed by atoms with Gasteiger partial charge in [0.2, 0.25) is 0 Å². The van der Waals surface area contributed by atoms with Crippen LogP contribution in [0.15, 0.2) is 24.3 Å². The van der Waals surface area contributed by atoms with E-state index in [1.54, 1.807) is 24.3 Å². The highest BCUT2D eigenvalue weighted by molar-refractivity contribution is 6.33. The minimum Gasteiger partial charge on any atom is -0.229 e. The summed E-state index contributed by atoms with van der Waals surface area (Å²) >= 11 is 6.06. The number of benzene rings is 1. The Kier molecular flexibility index (Phi) is 3.04. The van der Waals surface area contributed by atoms with Crippen molar-refractivity contribution in [1.82, 2.24) is 15.0 Å². The third-order valence-corrected chi connectivity index (χ3v) is 2.52. The molecule has 0 radical (unpaired) electrons. The first-order chi connectivity index (χ1) is 8.27. The van der Waals surface area contributed by atoms with Crippen molar-refractivity contribution >= 4 is 11.6 Å². The Balaban J connectivity index is 2.66. The zero-order chi connectivity index (χ0) is 12.3. The number of nitriles is 2. The van der Waals surface area contributed by atoms with Crippen LogP contribution >= 0.6 is 11.6 Å². The largest absolute Gasteiger partial charge is 0.229 e. The van der Waals surface area contributed by atoms with E-state index in [1.165, 1.54) is 4.68 Å². The first-order valence-electron chi connectivity index (χ1n) is 4.73. The van der Waals surface area contributed by atoms with E-state index in [4.69, 9.17) is 22.1 Å².